The van der Waals surface area contributed by atoms with Gasteiger partial charge < -0.3 is 10.2 Å². The van der Waals surface area contributed by atoms with Crippen molar-refractivity contribution in [3.8, 4) is 0 Å². The molecule has 152 valence electrons. The molecule has 0 bridgehead atoms. The number of Topliss-reactive ketones (excluding diaryl/α,β-unsaturated/α-hetero) is 1. The summed E-state index contributed by atoms with van der Waals surface area (Å²) in [5.41, 5.74) is -0.600. The van der Waals surface area contributed by atoms with Crippen molar-refractivity contribution in [3.63, 3.8) is 0 Å². The van der Waals surface area contributed by atoms with Crippen LogP contribution in [-0.4, -0.2) is 27.6 Å². The lowest BCUT2D eigenvalue weighted by Crippen LogP contribution is -2.56. The van der Waals surface area contributed by atoms with Gasteiger partial charge in [0.2, 0.25) is 0 Å². The minimum absolute atomic E-state index is 0.116. The van der Waals surface area contributed by atoms with Crippen LogP contribution in [0, 0.1) is 40.4 Å². The van der Waals surface area contributed by atoms with E-state index >= 15 is 0 Å². The van der Waals surface area contributed by atoms with Gasteiger partial charge in [0.05, 0.1) is 12.0 Å². The number of carboxylic acid groups (broad SMARTS) is 1. The maximum Gasteiger partial charge on any atom is 0.306 e. The molecule has 0 radical (unpaired) electrons. The van der Waals surface area contributed by atoms with Gasteiger partial charge in [0, 0.05) is 5.92 Å². The number of carbonyl (C=O) groups is 2. The second-order valence-electron chi connectivity index (χ2n) is 10.9. The van der Waals surface area contributed by atoms with Crippen LogP contribution in [0.3, 0.4) is 0 Å². The lowest BCUT2D eigenvalue weighted by Gasteiger charge is -2.62. The molecule has 0 aromatic carbocycles. The molecule has 0 unspecified atom stereocenters. The highest BCUT2D eigenvalue weighted by molar-refractivity contribution is 5.79. The number of aliphatic carboxylic acids is 1. The molecule has 0 aliphatic heterocycles. The van der Waals surface area contributed by atoms with Gasteiger partial charge in [0.25, 0.3) is 0 Å². The molecule has 0 heterocycles. The number of hydrogen-bond donors (Lipinski definition) is 2. The minimum Gasteiger partial charge on any atom is -0.481 e. The van der Waals surface area contributed by atoms with Crippen LogP contribution in [0.1, 0.15) is 85.0 Å². The molecule has 4 fully saturated rings. The van der Waals surface area contributed by atoms with Crippen molar-refractivity contribution >= 4 is 11.8 Å². The summed E-state index contributed by atoms with van der Waals surface area (Å²) in [6.45, 7) is 6.59. The molecule has 4 rings (SSSR count). The second kappa shape index (κ2) is 6.30. The Morgan fingerprint density at radius 2 is 1.63 bits per heavy atom. The van der Waals surface area contributed by atoms with E-state index in [1.54, 1.807) is 6.92 Å². The zero-order valence-electron chi connectivity index (χ0n) is 17.2. The summed E-state index contributed by atoms with van der Waals surface area (Å²) in [4.78, 5) is 23.4. The van der Waals surface area contributed by atoms with E-state index in [1.807, 2.05) is 0 Å². The van der Waals surface area contributed by atoms with Crippen LogP contribution in [0.15, 0.2) is 0 Å². The quantitative estimate of drug-likeness (QED) is 0.763. The lowest BCUT2D eigenvalue weighted by molar-refractivity contribution is -0.164. The Morgan fingerprint density at radius 1 is 0.926 bits per heavy atom. The fraction of sp³-hybridized carbons (Fsp3) is 0.913. The third kappa shape index (κ3) is 2.89. The van der Waals surface area contributed by atoms with E-state index in [0.717, 1.165) is 25.7 Å². The van der Waals surface area contributed by atoms with Crippen molar-refractivity contribution in [1.29, 1.82) is 0 Å². The van der Waals surface area contributed by atoms with Crippen LogP contribution in [0.2, 0.25) is 0 Å². The summed E-state index contributed by atoms with van der Waals surface area (Å²) in [6, 6.07) is 0. The van der Waals surface area contributed by atoms with E-state index in [-0.39, 0.29) is 23.2 Å². The summed E-state index contributed by atoms with van der Waals surface area (Å²) in [5.74, 6) is 2.24. The third-order valence-electron chi connectivity index (χ3n) is 9.79. The average Bonchev–Trinajstić information content (AvgIpc) is 2.92. The van der Waals surface area contributed by atoms with Gasteiger partial charge in [-0.1, -0.05) is 13.8 Å². The summed E-state index contributed by atoms with van der Waals surface area (Å²) in [7, 11) is 0. The molecule has 27 heavy (non-hydrogen) atoms. The Kier molecular flexibility index (Phi) is 4.53. The molecule has 0 saturated heterocycles. The maximum absolute atomic E-state index is 12.2. The fourth-order valence-corrected chi connectivity index (χ4v) is 8.43. The normalized spacial score (nSPS) is 51.8. The Labute approximate surface area is 163 Å². The van der Waals surface area contributed by atoms with E-state index in [9.17, 15) is 19.8 Å². The Morgan fingerprint density at radius 3 is 2.30 bits per heavy atom. The first-order valence-corrected chi connectivity index (χ1v) is 11.0. The molecule has 4 heteroatoms. The minimum atomic E-state index is -1.01. The average molecular weight is 377 g/mol. The molecule has 2 N–H and O–H groups in total. The number of carbonyl (C=O) groups excluding carboxylic acids is 1. The van der Waals surface area contributed by atoms with Gasteiger partial charge in [-0.2, -0.15) is 0 Å². The van der Waals surface area contributed by atoms with E-state index in [2.05, 4.69) is 13.8 Å². The first-order valence-electron chi connectivity index (χ1n) is 11.0. The van der Waals surface area contributed by atoms with Crippen LogP contribution < -0.4 is 0 Å². The first-order chi connectivity index (χ1) is 12.6. The molecule has 4 nitrogen and oxygen atoms in total. The molecule has 0 amide bonds. The van der Waals surface area contributed by atoms with Gasteiger partial charge in [-0.15, -0.1) is 0 Å². The van der Waals surface area contributed by atoms with Gasteiger partial charge >= 0.3 is 5.97 Å². The summed E-state index contributed by atoms with van der Waals surface area (Å²) >= 11 is 0. The highest BCUT2D eigenvalue weighted by atomic mass is 16.4. The van der Waals surface area contributed by atoms with Crippen molar-refractivity contribution in [1.82, 2.24) is 0 Å². The van der Waals surface area contributed by atoms with Gasteiger partial charge in [-0.05, 0) is 99.2 Å². The van der Waals surface area contributed by atoms with E-state index in [0.29, 0.717) is 42.3 Å². The zero-order valence-corrected chi connectivity index (χ0v) is 17.2. The number of hydrogen-bond acceptors (Lipinski definition) is 3. The molecule has 0 aromatic rings. The summed E-state index contributed by atoms with van der Waals surface area (Å²) in [6.07, 6.45) is 9.03. The number of carboxylic acids is 1. The Bertz CT molecular complexity index is 644. The summed E-state index contributed by atoms with van der Waals surface area (Å²) in [5, 5.41) is 20.1. The third-order valence-corrected chi connectivity index (χ3v) is 9.79. The summed E-state index contributed by atoms with van der Waals surface area (Å²) < 4.78 is 0. The molecule has 8 atom stereocenters. The molecular formula is C23H36O4. The highest BCUT2D eigenvalue weighted by Gasteiger charge is 2.61. The molecule has 4 saturated carbocycles. The fourth-order valence-electron chi connectivity index (χ4n) is 8.43. The number of fused-ring (bicyclic) bond motifs is 5. The van der Waals surface area contributed by atoms with Crippen molar-refractivity contribution in [2.45, 2.75) is 90.6 Å². The van der Waals surface area contributed by atoms with Gasteiger partial charge in [0.1, 0.15) is 5.78 Å². The Balaban J connectivity index is 1.56. The Hall–Kier alpha value is -0.900. The van der Waals surface area contributed by atoms with Crippen LogP contribution in [0.4, 0.5) is 0 Å². The second-order valence-corrected chi connectivity index (χ2v) is 10.9. The number of aliphatic hydroxyl groups is 1. The largest absolute Gasteiger partial charge is 0.481 e. The smallest absolute Gasteiger partial charge is 0.306 e. The molecule has 4 aliphatic rings. The predicted octanol–water partition coefficient (Wildman–Crippen LogP) is 4.44. The van der Waals surface area contributed by atoms with Crippen molar-refractivity contribution < 1.29 is 19.8 Å². The van der Waals surface area contributed by atoms with Gasteiger partial charge in [-0.3, -0.25) is 9.59 Å². The standard InChI is InChI=1S/C23H36O4/c1-14(24)17-6-7-18-16-5-4-15-12-23(27,13-20(25)26)11-10-21(15,2)19(16)8-9-22(17,18)3/h15-19,27H,4-13H2,1-3H3,(H,25,26)/t15-,16-,17+,18-,19-,21-,22+,23-/m0/s1. The first kappa shape index (κ1) is 19.4. The van der Waals surface area contributed by atoms with E-state index < -0.39 is 11.6 Å². The van der Waals surface area contributed by atoms with Crippen molar-refractivity contribution in [3.05, 3.63) is 0 Å². The van der Waals surface area contributed by atoms with Crippen molar-refractivity contribution in [2.24, 2.45) is 40.4 Å². The topological polar surface area (TPSA) is 74.6 Å². The van der Waals surface area contributed by atoms with Crippen LogP contribution in [0.25, 0.3) is 0 Å². The van der Waals surface area contributed by atoms with E-state index in [1.165, 1.54) is 19.3 Å². The number of rotatable bonds is 3. The molecule has 0 aromatic heterocycles. The number of ketones is 1. The SMILES string of the molecule is CC(=O)[C@H]1CC[C@H]2[C@@H]3CC[C@H]4C[C@](O)(CC(=O)O)CC[C@]4(C)[C@H]3CC[C@]12C. The zero-order chi connectivity index (χ0) is 19.6. The van der Waals surface area contributed by atoms with E-state index in [4.69, 9.17) is 0 Å². The monoisotopic (exact) mass is 376 g/mol. The lowest BCUT2D eigenvalue weighted by atomic mass is 9.43. The van der Waals surface area contributed by atoms with Gasteiger partial charge in [-0.25, -0.2) is 0 Å². The van der Waals surface area contributed by atoms with Gasteiger partial charge in [0.15, 0.2) is 0 Å². The van der Waals surface area contributed by atoms with Crippen LogP contribution in [-0.2, 0) is 9.59 Å². The molecular weight excluding hydrogens is 340 g/mol. The molecule has 0 spiro atoms. The van der Waals surface area contributed by atoms with Crippen molar-refractivity contribution in [2.75, 3.05) is 0 Å². The van der Waals surface area contributed by atoms with Crippen LogP contribution in [0.5, 0.6) is 0 Å². The predicted molar refractivity (Wildman–Crippen MR) is 103 cm³/mol. The van der Waals surface area contributed by atoms with Crippen LogP contribution >= 0.6 is 0 Å². The molecule has 4 aliphatic carbocycles. The maximum atomic E-state index is 12.2. The highest BCUT2D eigenvalue weighted by Crippen LogP contribution is 2.68.